The third-order valence-electron chi connectivity index (χ3n) is 7.49. The lowest BCUT2D eigenvalue weighted by molar-refractivity contribution is -0.143. The first kappa shape index (κ1) is 23.8. The van der Waals surface area contributed by atoms with Gasteiger partial charge in [-0.1, -0.05) is 42.8 Å². The molecule has 2 saturated carbocycles. The second-order valence-corrected chi connectivity index (χ2v) is 9.73. The SMILES string of the molecule is O=C(O)CCC(=O)N(C1CC1)C1c2ccccc2N(C(O)OCc2ccccc2F)C2CCCC12. The van der Waals surface area contributed by atoms with E-state index in [0.29, 0.717) is 5.56 Å². The van der Waals surface area contributed by atoms with Crippen LogP contribution in [-0.2, 0) is 20.9 Å². The van der Waals surface area contributed by atoms with Gasteiger partial charge >= 0.3 is 5.97 Å². The highest BCUT2D eigenvalue weighted by Crippen LogP contribution is 2.53. The van der Waals surface area contributed by atoms with Crippen LogP contribution in [0.15, 0.2) is 48.5 Å². The number of aliphatic hydroxyl groups excluding tert-OH is 1. The van der Waals surface area contributed by atoms with Crippen molar-refractivity contribution < 1.29 is 28.9 Å². The van der Waals surface area contributed by atoms with Crippen molar-refractivity contribution in [2.45, 2.75) is 76.1 Å². The van der Waals surface area contributed by atoms with E-state index < -0.39 is 12.4 Å². The van der Waals surface area contributed by atoms with E-state index in [4.69, 9.17) is 9.84 Å². The molecular weight excluding hydrogens is 451 g/mol. The van der Waals surface area contributed by atoms with Gasteiger partial charge in [-0.3, -0.25) is 9.59 Å². The van der Waals surface area contributed by atoms with Gasteiger partial charge in [0.2, 0.25) is 12.3 Å². The smallest absolute Gasteiger partial charge is 0.303 e. The van der Waals surface area contributed by atoms with Gasteiger partial charge in [0.05, 0.1) is 19.1 Å². The summed E-state index contributed by atoms with van der Waals surface area (Å²) in [5.41, 5.74) is 2.12. The summed E-state index contributed by atoms with van der Waals surface area (Å²) in [6.07, 6.45) is 3.09. The summed E-state index contributed by atoms with van der Waals surface area (Å²) >= 11 is 0. The van der Waals surface area contributed by atoms with Gasteiger partial charge in [-0.05, 0) is 43.4 Å². The fourth-order valence-corrected chi connectivity index (χ4v) is 5.85. The molecule has 8 heteroatoms. The average Bonchev–Trinajstić information content (AvgIpc) is 3.57. The Hall–Kier alpha value is -2.97. The minimum absolute atomic E-state index is 0.0139. The van der Waals surface area contributed by atoms with E-state index in [0.717, 1.165) is 43.4 Å². The van der Waals surface area contributed by atoms with E-state index in [-0.39, 0.29) is 55.2 Å². The summed E-state index contributed by atoms with van der Waals surface area (Å²) in [7, 11) is 0. The number of carboxylic acid groups (broad SMARTS) is 1. The number of hydrogen-bond acceptors (Lipinski definition) is 5. The largest absolute Gasteiger partial charge is 0.481 e. The number of nitrogens with zero attached hydrogens (tertiary/aromatic N) is 2. The maximum Gasteiger partial charge on any atom is 0.303 e. The molecule has 7 nitrogen and oxygen atoms in total. The van der Waals surface area contributed by atoms with Crippen molar-refractivity contribution in [1.82, 2.24) is 4.90 Å². The molecule has 35 heavy (non-hydrogen) atoms. The summed E-state index contributed by atoms with van der Waals surface area (Å²) in [6, 6.07) is 14.0. The zero-order valence-electron chi connectivity index (χ0n) is 19.6. The van der Waals surface area contributed by atoms with E-state index in [1.807, 2.05) is 34.1 Å². The van der Waals surface area contributed by atoms with Crippen LogP contribution in [-0.4, -0.2) is 45.5 Å². The number of carbonyl (C=O) groups is 2. The normalized spacial score (nSPS) is 23.9. The van der Waals surface area contributed by atoms with E-state index in [1.54, 1.807) is 18.2 Å². The molecule has 0 bridgehead atoms. The first-order chi connectivity index (χ1) is 17.0. The summed E-state index contributed by atoms with van der Waals surface area (Å²) < 4.78 is 19.9. The molecular formula is C27H31FN2O5. The standard InChI is InChI=1S/C27H31FN2O5/c28-21-9-3-1-6-17(21)16-35-27(34)30-22-10-4-2-7-19(22)26(20-8-5-11-23(20)30)29(18-12-13-18)24(31)14-15-25(32)33/h1-4,6-7,9-10,18,20,23,26-27,34H,5,8,11-16H2,(H,32,33). The van der Waals surface area contributed by atoms with Crippen molar-refractivity contribution in [3.63, 3.8) is 0 Å². The number of carbonyl (C=O) groups excluding carboxylic acids is 1. The van der Waals surface area contributed by atoms with E-state index in [9.17, 15) is 19.1 Å². The predicted octanol–water partition coefficient (Wildman–Crippen LogP) is 4.20. The molecule has 1 heterocycles. The van der Waals surface area contributed by atoms with Crippen LogP contribution in [0.1, 0.15) is 62.1 Å². The number of para-hydroxylation sites is 1. The Morgan fingerprint density at radius 2 is 1.80 bits per heavy atom. The molecule has 1 aliphatic heterocycles. The van der Waals surface area contributed by atoms with E-state index >= 15 is 0 Å². The summed E-state index contributed by atoms with van der Waals surface area (Å²) in [5.74, 6) is -1.38. The third kappa shape index (κ3) is 4.77. The lowest BCUT2D eigenvalue weighted by atomic mass is 9.81. The van der Waals surface area contributed by atoms with Crippen LogP contribution < -0.4 is 4.90 Å². The Bertz CT molecular complexity index is 1090. The van der Waals surface area contributed by atoms with Gasteiger partial charge in [0.1, 0.15) is 5.82 Å². The Kier molecular flexibility index (Phi) is 6.75. The van der Waals surface area contributed by atoms with E-state index in [1.165, 1.54) is 6.07 Å². The minimum atomic E-state index is -1.26. The van der Waals surface area contributed by atoms with Crippen molar-refractivity contribution in [2.24, 2.45) is 5.92 Å². The molecule has 0 spiro atoms. The number of hydrogen-bond donors (Lipinski definition) is 2. The maximum atomic E-state index is 14.1. The number of carboxylic acids is 1. The quantitative estimate of drug-likeness (QED) is 0.521. The molecule has 3 aliphatic rings. The van der Waals surface area contributed by atoms with Gasteiger partial charge in [0, 0.05) is 35.7 Å². The van der Waals surface area contributed by atoms with Crippen LogP contribution in [0.25, 0.3) is 0 Å². The second-order valence-electron chi connectivity index (χ2n) is 9.73. The van der Waals surface area contributed by atoms with Crippen molar-refractivity contribution in [2.75, 3.05) is 4.90 Å². The number of fused-ring (bicyclic) bond motifs is 2. The molecule has 2 N–H and O–H groups in total. The Morgan fingerprint density at radius 1 is 1.06 bits per heavy atom. The Labute approximate surface area is 204 Å². The molecule has 4 atom stereocenters. The lowest BCUT2D eigenvalue weighted by Crippen LogP contribution is -2.54. The molecule has 0 saturated heterocycles. The van der Waals surface area contributed by atoms with Crippen LogP contribution in [0.5, 0.6) is 0 Å². The van der Waals surface area contributed by atoms with Crippen molar-refractivity contribution in [3.8, 4) is 0 Å². The fraction of sp³-hybridized carbons (Fsp3) is 0.481. The molecule has 1 amide bonds. The average molecular weight is 483 g/mol. The number of halogens is 1. The van der Waals surface area contributed by atoms with Crippen LogP contribution in [0, 0.1) is 11.7 Å². The number of anilines is 1. The number of amides is 1. The molecule has 2 aromatic carbocycles. The van der Waals surface area contributed by atoms with Crippen molar-refractivity contribution in [1.29, 1.82) is 0 Å². The number of ether oxygens (including phenoxy) is 1. The number of aliphatic carboxylic acids is 1. The van der Waals surface area contributed by atoms with Crippen molar-refractivity contribution in [3.05, 3.63) is 65.5 Å². The number of benzene rings is 2. The Morgan fingerprint density at radius 3 is 2.54 bits per heavy atom. The topological polar surface area (TPSA) is 90.3 Å². The zero-order chi connectivity index (χ0) is 24.5. The molecule has 4 unspecified atom stereocenters. The van der Waals surface area contributed by atoms with Gasteiger partial charge in [0.15, 0.2) is 0 Å². The van der Waals surface area contributed by atoms with Crippen molar-refractivity contribution >= 4 is 17.6 Å². The lowest BCUT2D eigenvalue weighted by Gasteiger charge is -2.49. The van der Waals surface area contributed by atoms with Crippen LogP contribution in [0.3, 0.4) is 0 Å². The maximum absolute atomic E-state index is 14.1. The second kappa shape index (κ2) is 9.95. The molecule has 2 aliphatic carbocycles. The van der Waals surface area contributed by atoms with Gasteiger partial charge in [-0.25, -0.2) is 4.39 Å². The van der Waals surface area contributed by atoms with Crippen LogP contribution >= 0.6 is 0 Å². The zero-order valence-corrected chi connectivity index (χ0v) is 19.6. The minimum Gasteiger partial charge on any atom is -0.481 e. The monoisotopic (exact) mass is 482 g/mol. The van der Waals surface area contributed by atoms with E-state index in [2.05, 4.69) is 0 Å². The van der Waals surface area contributed by atoms with Gasteiger partial charge < -0.3 is 24.7 Å². The molecule has 5 rings (SSSR count). The Balaban J connectivity index is 1.45. The molecule has 2 fully saturated rings. The highest BCUT2D eigenvalue weighted by atomic mass is 19.1. The number of aliphatic hydroxyl groups is 1. The molecule has 2 aromatic rings. The third-order valence-corrected chi connectivity index (χ3v) is 7.49. The van der Waals surface area contributed by atoms with Crippen LogP contribution in [0.4, 0.5) is 10.1 Å². The van der Waals surface area contributed by atoms with Crippen LogP contribution in [0.2, 0.25) is 0 Å². The van der Waals surface area contributed by atoms with Gasteiger partial charge in [-0.15, -0.1) is 0 Å². The molecule has 0 aromatic heterocycles. The molecule has 0 radical (unpaired) electrons. The molecule has 186 valence electrons. The predicted molar refractivity (Wildman–Crippen MR) is 127 cm³/mol. The van der Waals surface area contributed by atoms with Gasteiger partial charge in [-0.2, -0.15) is 0 Å². The highest BCUT2D eigenvalue weighted by Gasteiger charge is 2.51. The highest BCUT2D eigenvalue weighted by molar-refractivity contribution is 5.82. The first-order valence-corrected chi connectivity index (χ1v) is 12.4. The summed E-state index contributed by atoms with van der Waals surface area (Å²) in [5, 5.41) is 20.3. The summed E-state index contributed by atoms with van der Waals surface area (Å²) in [4.78, 5) is 28.2. The fourth-order valence-electron chi connectivity index (χ4n) is 5.85. The first-order valence-electron chi connectivity index (χ1n) is 12.4. The number of rotatable bonds is 9. The summed E-state index contributed by atoms with van der Waals surface area (Å²) in [6.45, 7) is -0.0603. The van der Waals surface area contributed by atoms with Gasteiger partial charge in [0.25, 0.3) is 0 Å².